The van der Waals surface area contributed by atoms with Gasteiger partial charge in [-0.1, -0.05) is 19.1 Å². The maximum absolute atomic E-state index is 12.9. The number of carbonyl (C=O) groups is 1. The predicted molar refractivity (Wildman–Crippen MR) is 91.9 cm³/mol. The van der Waals surface area contributed by atoms with Crippen molar-refractivity contribution >= 4 is 5.97 Å². The summed E-state index contributed by atoms with van der Waals surface area (Å²) in [7, 11) is 0. The molecule has 6 aliphatic carbocycles. The molecule has 0 aliphatic heterocycles. The van der Waals surface area contributed by atoms with Crippen LogP contribution in [-0.2, 0) is 9.53 Å². The minimum atomic E-state index is -0.130. The van der Waals surface area contributed by atoms with Gasteiger partial charge in [-0.3, -0.25) is 4.79 Å². The zero-order valence-corrected chi connectivity index (χ0v) is 15.0. The summed E-state index contributed by atoms with van der Waals surface area (Å²) in [4.78, 5) is 12.9. The lowest BCUT2D eigenvalue weighted by Gasteiger charge is -2.49. The fourth-order valence-corrected chi connectivity index (χ4v) is 9.50. The molecule has 130 valence electrons. The first kappa shape index (κ1) is 14.4. The van der Waals surface area contributed by atoms with Crippen LogP contribution in [0, 0.1) is 64.6 Å². The van der Waals surface area contributed by atoms with E-state index in [4.69, 9.17) is 4.74 Å². The third-order valence-electron chi connectivity index (χ3n) is 9.76. The van der Waals surface area contributed by atoms with E-state index in [1.807, 2.05) is 6.92 Å². The highest BCUT2D eigenvalue weighted by Crippen LogP contribution is 2.78. The van der Waals surface area contributed by atoms with Crippen molar-refractivity contribution in [3.8, 4) is 0 Å². The minimum Gasteiger partial charge on any atom is -0.466 e. The number of hydrogen-bond acceptors (Lipinski definition) is 2. The lowest BCUT2D eigenvalue weighted by Crippen LogP contribution is -2.48. The zero-order valence-electron chi connectivity index (χ0n) is 15.0. The Kier molecular flexibility index (Phi) is 2.69. The molecule has 5 saturated carbocycles. The number of hydrogen-bond donors (Lipinski definition) is 0. The summed E-state index contributed by atoms with van der Waals surface area (Å²) in [5, 5.41) is 0. The van der Waals surface area contributed by atoms with Crippen LogP contribution in [0.5, 0.6) is 0 Å². The molecular weight excluding hydrogens is 296 g/mol. The molecule has 6 rings (SSSR count). The number of esters is 1. The van der Waals surface area contributed by atoms with Crippen molar-refractivity contribution in [3.05, 3.63) is 12.2 Å². The molecule has 0 heterocycles. The maximum atomic E-state index is 12.9. The van der Waals surface area contributed by atoms with E-state index in [-0.39, 0.29) is 11.4 Å². The summed E-state index contributed by atoms with van der Waals surface area (Å²) in [5.74, 6) is 9.13. The Labute approximate surface area is 145 Å². The van der Waals surface area contributed by atoms with E-state index in [0.717, 1.165) is 66.1 Å². The van der Waals surface area contributed by atoms with Crippen molar-refractivity contribution < 1.29 is 9.53 Å². The summed E-state index contributed by atoms with van der Waals surface area (Å²) in [6, 6.07) is 0. The highest BCUT2D eigenvalue weighted by molar-refractivity contribution is 5.78. The second kappa shape index (κ2) is 4.48. The molecule has 11 atom stereocenters. The van der Waals surface area contributed by atoms with Crippen molar-refractivity contribution in [3.63, 3.8) is 0 Å². The Balaban J connectivity index is 1.37. The topological polar surface area (TPSA) is 26.3 Å². The van der Waals surface area contributed by atoms with Crippen LogP contribution in [0.4, 0.5) is 0 Å². The third kappa shape index (κ3) is 1.38. The van der Waals surface area contributed by atoms with Crippen molar-refractivity contribution in [2.75, 3.05) is 6.61 Å². The van der Waals surface area contributed by atoms with Crippen LogP contribution < -0.4 is 0 Å². The first-order valence-electron chi connectivity index (χ1n) is 10.5. The fraction of sp³-hybridized carbons (Fsp3) is 0.864. The van der Waals surface area contributed by atoms with Crippen molar-refractivity contribution in [1.82, 2.24) is 0 Å². The molecule has 0 saturated heterocycles. The number of carbonyl (C=O) groups excluding carboxylic acids is 1. The van der Waals surface area contributed by atoms with E-state index in [1.165, 1.54) is 19.3 Å². The quantitative estimate of drug-likeness (QED) is 0.439. The van der Waals surface area contributed by atoms with Gasteiger partial charge in [0.1, 0.15) is 0 Å². The van der Waals surface area contributed by atoms with Crippen LogP contribution in [-0.4, -0.2) is 12.6 Å². The van der Waals surface area contributed by atoms with Crippen molar-refractivity contribution in [2.45, 2.75) is 46.0 Å². The van der Waals surface area contributed by atoms with Crippen LogP contribution in [0.2, 0.25) is 0 Å². The molecule has 0 N–H and O–H groups in total. The van der Waals surface area contributed by atoms with E-state index in [1.54, 1.807) is 0 Å². The van der Waals surface area contributed by atoms with Gasteiger partial charge in [0.05, 0.1) is 12.0 Å². The molecular formula is C22H30O2. The average Bonchev–Trinajstić information content (AvgIpc) is 3.40. The molecule has 24 heavy (non-hydrogen) atoms. The average molecular weight is 326 g/mol. The summed E-state index contributed by atoms with van der Waals surface area (Å²) < 4.78 is 5.59. The third-order valence-corrected chi connectivity index (χ3v) is 9.76. The Morgan fingerprint density at radius 3 is 2.38 bits per heavy atom. The van der Waals surface area contributed by atoms with Crippen LogP contribution in [0.25, 0.3) is 0 Å². The summed E-state index contributed by atoms with van der Waals surface area (Å²) >= 11 is 0. The highest BCUT2D eigenvalue weighted by atomic mass is 16.5. The molecule has 0 aromatic rings. The van der Waals surface area contributed by atoms with Crippen LogP contribution in [0.3, 0.4) is 0 Å². The molecule has 0 aromatic heterocycles. The molecule has 6 aliphatic rings. The molecule has 11 unspecified atom stereocenters. The van der Waals surface area contributed by atoms with E-state index >= 15 is 0 Å². The lowest BCUT2D eigenvalue weighted by atomic mass is 9.55. The largest absolute Gasteiger partial charge is 0.466 e. The second-order valence-corrected chi connectivity index (χ2v) is 9.86. The van der Waals surface area contributed by atoms with Crippen LogP contribution in [0.1, 0.15) is 46.0 Å². The first-order valence-corrected chi connectivity index (χ1v) is 10.5. The Morgan fingerprint density at radius 1 is 1.00 bits per heavy atom. The highest BCUT2D eigenvalue weighted by Gasteiger charge is 2.74. The van der Waals surface area contributed by atoms with Gasteiger partial charge in [-0.25, -0.2) is 0 Å². The van der Waals surface area contributed by atoms with E-state index in [9.17, 15) is 4.79 Å². The number of ether oxygens (including phenoxy) is 1. The molecule has 2 nitrogen and oxygen atoms in total. The summed E-state index contributed by atoms with van der Waals surface area (Å²) in [6.07, 6.45) is 11.5. The summed E-state index contributed by atoms with van der Waals surface area (Å²) in [6.45, 7) is 4.74. The molecule has 2 heteroatoms. The molecule has 5 fully saturated rings. The molecule has 0 spiro atoms. The normalized spacial score (nSPS) is 60.8. The van der Waals surface area contributed by atoms with Crippen molar-refractivity contribution in [1.29, 1.82) is 0 Å². The summed E-state index contributed by atoms with van der Waals surface area (Å²) in [5.41, 5.74) is -0.130. The minimum absolute atomic E-state index is 0.130. The van der Waals surface area contributed by atoms with Gasteiger partial charge in [-0.05, 0) is 98.2 Å². The molecule has 0 radical (unpaired) electrons. The zero-order chi connectivity index (χ0) is 16.2. The molecule has 0 amide bonds. The second-order valence-electron chi connectivity index (χ2n) is 9.86. The smallest absolute Gasteiger partial charge is 0.312 e. The van der Waals surface area contributed by atoms with Gasteiger partial charge in [0.2, 0.25) is 0 Å². The van der Waals surface area contributed by atoms with E-state index < -0.39 is 0 Å². The lowest BCUT2D eigenvalue weighted by molar-refractivity contribution is -0.163. The Bertz CT molecular complexity index is 623. The molecule has 0 aromatic carbocycles. The number of fused-ring (bicyclic) bond motifs is 16. The van der Waals surface area contributed by atoms with Crippen LogP contribution in [0.15, 0.2) is 12.2 Å². The van der Waals surface area contributed by atoms with Crippen molar-refractivity contribution in [2.24, 2.45) is 64.6 Å². The van der Waals surface area contributed by atoms with Gasteiger partial charge in [-0.15, -0.1) is 0 Å². The number of rotatable bonds is 3. The number of allylic oxidation sites excluding steroid dienone is 2. The first-order chi connectivity index (χ1) is 11.7. The monoisotopic (exact) mass is 326 g/mol. The Hall–Kier alpha value is -0.790. The van der Waals surface area contributed by atoms with Gasteiger partial charge in [-0.2, -0.15) is 0 Å². The van der Waals surface area contributed by atoms with Gasteiger partial charge >= 0.3 is 5.97 Å². The molecule has 6 bridgehead atoms. The predicted octanol–water partition coefficient (Wildman–Crippen LogP) is 4.31. The SMILES string of the molecule is CCOC(=O)C1(CC)CC2CC1C1C3CC(C4C5C=CC(C5)C34)C21. The van der Waals surface area contributed by atoms with Gasteiger partial charge in [0, 0.05) is 0 Å². The van der Waals surface area contributed by atoms with Gasteiger partial charge in [0.25, 0.3) is 0 Å². The van der Waals surface area contributed by atoms with E-state index in [0.29, 0.717) is 12.5 Å². The van der Waals surface area contributed by atoms with E-state index in [2.05, 4.69) is 19.1 Å². The van der Waals surface area contributed by atoms with Gasteiger partial charge in [0.15, 0.2) is 0 Å². The van der Waals surface area contributed by atoms with Gasteiger partial charge < -0.3 is 4.74 Å². The van der Waals surface area contributed by atoms with Crippen LogP contribution >= 0.6 is 0 Å². The maximum Gasteiger partial charge on any atom is 0.312 e. The Morgan fingerprint density at radius 2 is 1.71 bits per heavy atom. The fourth-order valence-electron chi connectivity index (χ4n) is 9.50. The standard InChI is InChI=1S/C22H30O2/c1-3-22(21(23)24-4-2)10-13-8-16(22)20-15-9-14(19(13)20)17-11-5-6-12(7-11)18(15)17/h5-6,11-20H,3-4,7-10H2,1-2H3.